The maximum atomic E-state index is 13.5. The zero-order valence-corrected chi connectivity index (χ0v) is 20.2. The zero-order valence-electron chi connectivity index (χ0n) is 19.4. The van der Waals surface area contributed by atoms with E-state index < -0.39 is 0 Å². The van der Waals surface area contributed by atoms with Crippen molar-refractivity contribution in [3.05, 3.63) is 58.6 Å². The molecule has 0 radical (unpaired) electrons. The van der Waals surface area contributed by atoms with Crippen LogP contribution in [0.2, 0.25) is 5.02 Å². The molecule has 5 nitrogen and oxygen atoms in total. The second-order valence-electron chi connectivity index (χ2n) is 8.79. The van der Waals surface area contributed by atoms with Crippen LogP contribution in [0.3, 0.4) is 0 Å². The van der Waals surface area contributed by atoms with Gasteiger partial charge < -0.3 is 19.7 Å². The van der Waals surface area contributed by atoms with E-state index in [0.29, 0.717) is 55.3 Å². The molecule has 0 saturated carbocycles. The summed E-state index contributed by atoms with van der Waals surface area (Å²) in [6.07, 6.45) is 1.61. The van der Waals surface area contributed by atoms with Crippen LogP contribution in [-0.2, 0) is 17.9 Å². The second-order valence-corrected chi connectivity index (χ2v) is 9.20. The molecule has 1 aliphatic rings. The van der Waals surface area contributed by atoms with E-state index in [1.54, 1.807) is 0 Å². The summed E-state index contributed by atoms with van der Waals surface area (Å²) in [7, 11) is 0. The van der Waals surface area contributed by atoms with Crippen LogP contribution in [0.5, 0.6) is 11.5 Å². The van der Waals surface area contributed by atoms with Gasteiger partial charge in [-0.3, -0.25) is 4.79 Å². The molecule has 0 spiro atoms. The summed E-state index contributed by atoms with van der Waals surface area (Å²) in [5.41, 5.74) is 2.18. The van der Waals surface area contributed by atoms with Crippen LogP contribution in [-0.4, -0.2) is 37.1 Å². The first-order valence-electron chi connectivity index (χ1n) is 11.6. The number of nitrogens with zero attached hydrogens (tertiary/aromatic N) is 1. The molecule has 1 aliphatic heterocycles. The largest absolute Gasteiger partial charge is 0.489 e. The molecule has 2 aromatic rings. The number of benzene rings is 2. The van der Waals surface area contributed by atoms with Gasteiger partial charge in [0.15, 0.2) is 11.5 Å². The third kappa shape index (κ3) is 6.88. The lowest BCUT2D eigenvalue weighted by Gasteiger charge is -2.29. The molecule has 0 saturated heterocycles. The molecule has 3 rings (SSSR count). The lowest BCUT2D eigenvalue weighted by molar-refractivity contribution is -0.136. The minimum absolute atomic E-state index is 0.0756. The Hall–Kier alpha value is -2.24. The van der Waals surface area contributed by atoms with Gasteiger partial charge in [-0.05, 0) is 35.6 Å². The van der Waals surface area contributed by atoms with Crippen molar-refractivity contribution in [2.24, 2.45) is 11.8 Å². The monoisotopic (exact) mass is 458 g/mol. The van der Waals surface area contributed by atoms with Crippen molar-refractivity contribution in [2.45, 2.75) is 46.7 Å². The van der Waals surface area contributed by atoms with E-state index in [4.69, 9.17) is 21.1 Å². The SMILES string of the molecule is CCC(CNCc1ccccc1)C(=O)N(Cc1cc(Cl)c2c(c1)OCCCO2)CC(C)C. The molecule has 1 amide bonds. The molecule has 1 unspecified atom stereocenters. The number of amides is 1. The molecule has 2 aromatic carbocycles. The quantitative estimate of drug-likeness (QED) is 0.524. The summed E-state index contributed by atoms with van der Waals surface area (Å²) in [6.45, 7) is 10.1. The standard InChI is InChI=1S/C26H35ClN2O3/c1-4-22(16-28-15-20-9-6-5-7-10-20)26(30)29(17-19(2)3)18-21-13-23(27)25-24(14-21)31-11-8-12-32-25/h5-7,9-10,13-14,19,22,28H,4,8,11-12,15-18H2,1-3H3. The fourth-order valence-corrected chi connectivity index (χ4v) is 4.21. The zero-order chi connectivity index (χ0) is 22.9. The molecule has 0 bridgehead atoms. The fourth-order valence-electron chi connectivity index (χ4n) is 3.92. The molecular formula is C26H35ClN2O3. The number of hydrogen-bond acceptors (Lipinski definition) is 4. The Labute approximate surface area is 197 Å². The average molecular weight is 459 g/mol. The number of halogens is 1. The predicted molar refractivity (Wildman–Crippen MR) is 129 cm³/mol. The van der Waals surface area contributed by atoms with Crippen molar-refractivity contribution in [1.29, 1.82) is 0 Å². The van der Waals surface area contributed by atoms with E-state index in [1.165, 1.54) is 5.56 Å². The van der Waals surface area contributed by atoms with Crippen molar-refractivity contribution < 1.29 is 14.3 Å². The number of hydrogen-bond donors (Lipinski definition) is 1. The van der Waals surface area contributed by atoms with Crippen molar-refractivity contribution in [1.82, 2.24) is 10.2 Å². The highest BCUT2D eigenvalue weighted by molar-refractivity contribution is 6.32. The van der Waals surface area contributed by atoms with Crippen molar-refractivity contribution in [3.63, 3.8) is 0 Å². The maximum Gasteiger partial charge on any atom is 0.227 e. The predicted octanol–water partition coefficient (Wildman–Crippen LogP) is 5.30. The molecule has 0 aliphatic carbocycles. The average Bonchev–Trinajstić information content (AvgIpc) is 3.02. The third-order valence-electron chi connectivity index (χ3n) is 5.54. The Morgan fingerprint density at radius 3 is 2.59 bits per heavy atom. The number of nitrogens with one attached hydrogen (secondary N) is 1. The molecule has 32 heavy (non-hydrogen) atoms. The van der Waals surface area contributed by atoms with Crippen LogP contribution in [0.4, 0.5) is 0 Å². The van der Waals surface area contributed by atoms with E-state index >= 15 is 0 Å². The highest BCUT2D eigenvalue weighted by atomic mass is 35.5. The minimum atomic E-state index is -0.0756. The van der Waals surface area contributed by atoms with Crippen LogP contribution in [0.25, 0.3) is 0 Å². The Bertz CT molecular complexity index is 873. The Morgan fingerprint density at radius 1 is 1.12 bits per heavy atom. The first kappa shape index (κ1) is 24.4. The fraction of sp³-hybridized carbons (Fsp3) is 0.500. The van der Waals surface area contributed by atoms with Gasteiger partial charge in [-0.1, -0.05) is 62.7 Å². The lowest BCUT2D eigenvalue weighted by atomic mass is 10.0. The smallest absolute Gasteiger partial charge is 0.227 e. The van der Waals surface area contributed by atoms with Crippen LogP contribution in [0, 0.1) is 11.8 Å². The van der Waals surface area contributed by atoms with Gasteiger partial charge in [-0.15, -0.1) is 0 Å². The van der Waals surface area contributed by atoms with Crippen molar-refractivity contribution in [3.8, 4) is 11.5 Å². The van der Waals surface area contributed by atoms with E-state index in [0.717, 1.165) is 24.9 Å². The van der Waals surface area contributed by atoms with Gasteiger partial charge in [0.1, 0.15) is 0 Å². The topological polar surface area (TPSA) is 50.8 Å². The summed E-state index contributed by atoms with van der Waals surface area (Å²) in [6, 6.07) is 14.1. The number of carbonyl (C=O) groups is 1. The molecule has 1 N–H and O–H groups in total. The van der Waals surface area contributed by atoms with Crippen LogP contribution in [0.1, 0.15) is 44.7 Å². The van der Waals surface area contributed by atoms with Crippen LogP contribution in [0.15, 0.2) is 42.5 Å². The Morgan fingerprint density at radius 2 is 1.88 bits per heavy atom. The molecule has 0 fully saturated rings. The third-order valence-corrected chi connectivity index (χ3v) is 5.82. The molecule has 0 aromatic heterocycles. The normalized spacial score (nSPS) is 14.2. The second kappa shape index (κ2) is 12.1. The number of fused-ring (bicyclic) bond motifs is 1. The molecule has 174 valence electrons. The summed E-state index contributed by atoms with van der Waals surface area (Å²) < 4.78 is 11.6. The van der Waals surface area contributed by atoms with Crippen molar-refractivity contribution in [2.75, 3.05) is 26.3 Å². The summed E-state index contributed by atoms with van der Waals surface area (Å²) in [4.78, 5) is 15.4. The lowest BCUT2D eigenvalue weighted by Crippen LogP contribution is -2.41. The highest BCUT2D eigenvalue weighted by Crippen LogP contribution is 2.38. The number of carbonyl (C=O) groups excluding carboxylic acids is 1. The van der Waals surface area contributed by atoms with Gasteiger partial charge in [-0.2, -0.15) is 0 Å². The van der Waals surface area contributed by atoms with Gasteiger partial charge >= 0.3 is 0 Å². The molecular weight excluding hydrogens is 424 g/mol. The van der Waals surface area contributed by atoms with E-state index in [2.05, 4.69) is 38.2 Å². The summed E-state index contributed by atoms with van der Waals surface area (Å²) >= 11 is 6.49. The number of rotatable bonds is 10. The first-order valence-corrected chi connectivity index (χ1v) is 12.0. The summed E-state index contributed by atoms with van der Waals surface area (Å²) in [5.74, 6) is 1.73. The van der Waals surface area contributed by atoms with Gasteiger partial charge in [0.05, 0.1) is 24.2 Å². The number of ether oxygens (including phenoxy) is 2. The van der Waals surface area contributed by atoms with E-state index in [9.17, 15) is 4.79 Å². The van der Waals surface area contributed by atoms with E-state index in [-0.39, 0.29) is 11.8 Å². The van der Waals surface area contributed by atoms with Gasteiger partial charge in [0.25, 0.3) is 0 Å². The highest BCUT2D eigenvalue weighted by Gasteiger charge is 2.25. The maximum absolute atomic E-state index is 13.5. The molecule has 6 heteroatoms. The van der Waals surface area contributed by atoms with Gasteiger partial charge in [-0.25, -0.2) is 0 Å². The van der Waals surface area contributed by atoms with Crippen molar-refractivity contribution >= 4 is 17.5 Å². The molecule has 1 heterocycles. The van der Waals surface area contributed by atoms with Crippen LogP contribution >= 0.6 is 11.6 Å². The minimum Gasteiger partial charge on any atom is -0.489 e. The van der Waals surface area contributed by atoms with Gasteiger partial charge in [0, 0.05) is 32.6 Å². The Balaban J connectivity index is 1.69. The molecule has 1 atom stereocenters. The summed E-state index contributed by atoms with van der Waals surface area (Å²) in [5, 5.41) is 3.99. The first-order chi connectivity index (χ1) is 15.5. The van der Waals surface area contributed by atoms with E-state index in [1.807, 2.05) is 35.2 Å². The Kier molecular flexibility index (Phi) is 9.24. The van der Waals surface area contributed by atoms with Gasteiger partial charge in [0.2, 0.25) is 5.91 Å². The van der Waals surface area contributed by atoms with Crippen LogP contribution < -0.4 is 14.8 Å².